The molecule has 1 aliphatic heterocycles. The van der Waals surface area contributed by atoms with Gasteiger partial charge in [-0.1, -0.05) is 6.07 Å². The lowest BCUT2D eigenvalue weighted by atomic mass is 10.1. The Kier molecular flexibility index (Phi) is 2.70. The lowest BCUT2D eigenvalue weighted by Crippen LogP contribution is -2.42. The van der Waals surface area contributed by atoms with Crippen molar-refractivity contribution in [3.63, 3.8) is 0 Å². The second-order valence-electron chi connectivity index (χ2n) is 4.28. The van der Waals surface area contributed by atoms with Gasteiger partial charge in [-0.2, -0.15) is 0 Å². The van der Waals surface area contributed by atoms with E-state index in [1.165, 1.54) is 0 Å². The average Bonchev–Trinajstić information content (AvgIpc) is 2.70. The van der Waals surface area contributed by atoms with Crippen molar-refractivity contribution in [2.75, 3.05) is 19.8 Å². The average molecular weight is 234 g/mol. The monoisotopic (exact) mass is 234 g/mol. The highest BCUT2D eigenvalue weighted by molar-refractivity contribution is 5.72. The Hall–Kier alpha value is -1.59. The molecule has 0 bridgehead atoms. The molecule has 1 aliphatic rings. The fourth-order valence-corrected chi connectivity index (χ4v) is 2.16. The Bertz CT molecular complexity index is 566. The first-order chi connectivity index (χ1) is 8.31. The van der Waals surface area contributed by atoms with Crippen LogP contribution in [0.4, 0.5) is 0 Å². The number of fused-ring (bicyclic) bond motifs is 1. The summed E-state index contributed by atoms with van der Waals surface area (Å²) >= 11 is 0. The maximum Gasteiger partial charge on any atom is 0.417 e. The molecule has 5 heteroatoms. The molecule has 0 saturated carbocycles. The van der Waals surface area contributed by atoms with Crippen LogP contribution in [0.3, 0.4) is 0 Å². The molecule has 1 aromatic carbocycles. The van der Waals surface area contributed by atoms with Crippen LogP contribution in [0.1, 0.15) is 5.56 Å². The topological polar surface area (TPSA) is 67.3 Å². The van der Waals surface area contributed by atoms with Gasteiger partial charge in [-0.05, 0) is 24.1 Å². The molecule has 1 unspecified atom stereocenters. The molecule has 2 heterocycles. The molecule has 0 spiro atoms. The molecule has 17 heavy (non-hydrogen) atoms. The summed E-state index contributed by atoms with van der Waals surface area (Å²) < 4.78 is 10.4. The van der Waals surface area contributed by atoms with Crippen molar-refractivity contribution in [1.82, 2.24) is 10.3 Å². The van der Waals surface area contributed by atoms with Crippen LogP contribution in [0, 0.1) is 0 Å². The summed E-state index contributed by atoms with van der Waals surface area (Å²) in [4.78, 5) is 13.7. The number of rotatable bonds is 2. The minimum absolute atomic E-state index is 0.347. The minimum Gasteiger partial charge on any atom is -0.408 e. The first kappa shape index (κ1) is 10.6. The van der Waals surface area contributed by atoms with Crippen LogP contribution in [0.25, 0.3) is 11.1 Å². The van der Waals surface area contributed by atoms with Crippen molar-refractivity contribution in [1.29, 1.82) is 0 Å². The summed E-state index contributed by atoms with van der Waals surface area (Å²) in [6.45, 7) is 2.42. The molecule has 3 rings (SSSR count). The van der Waals surface area contributed by atoms with Gasteiger partial charge in [0.1, 0.15) is 0 Å². The van der Waals surface area contributed by atoms with E-state index in [9.17, 15) is 4.79 Å². The van der Waals surface area contributed by atoms with Crippen molar-refractivity contribution in [3.8, 4) is 0 Å². The van der Waals surface area contributed by atoms with Crippen molar-refractivity contribution in [3.05, 3.63) is 34.3 Å². The molecule has 90 valence electrons. The van der Waals surface area contributed by atoms with Crippen molar-refractivity contribution in [2.24, 2.45) is 0 Å². The highest BCUT2D eigenvalue weighted by Crippen LogP contribution is 2.14. The predicted molar refractivity (Wildman–Crippen MR) is 63.1 cm³/mol. The van der Waals surface area contributed by atoms with Gasteiger partial charge in [-0.3, -0.25) is 4.98 Å². The maximum absolute atomic E-state index is 11.0. The van der Waals surface area contributed by atoms with E-state index in [0.717, 1.165) is 37.3 Å². The highest BCUT2D eigenvalue weighted by atomic mass is 16.5. The Morgan fingerprint density at radius 3 is 3.18 bits per heavy atom. The van der Waals surface area contributed by atoms with E-state index in [2.05, 4.69) is 10.3 Å². The van der Waals surface area contributed by atoms with Crippen LogP contribution < -0.4 is 11.1 Å². The van der Waals surface area contributed by atoms with Crippen LogP contribution in [0.2, 0.25) is 0 Å². The van der Waals surface area contributed by atoms with Crippen molar-refractivity contribution in [2.45, 2.75) is 12.5 Å². The largest absolute Gasteiger partial charge is 0.417 e. The highest BCUT2D eigenvalue weighted by Gasteiger charge is 2.13. The van der Waals surface area contributed by atoms with Crippen LogP contribution >= 0.6 is 0 Å². The SMILES string of the molecule is O=c1[nH]c2cc(CC3COCCN3)ccc2o1. The quantitative estimate of drug-likeness (QED) is 0.800. The number of H-pyrrole nitrogens is 1. The first-order valence-corrected chi connectivity index (χ1v) is 5.74. The van der Waals surface area contributed by atoms with Crippen molar-refractivity contribution >= 4 is 11.1 Å². The number of hydrogen-bond donors (Lipinski definition) is 2. The summed E-state index contributed by atoms with van der Waals surface area (Å²) in [5.74, 6) is -0.406. The molecule has 5 nitrogen and oxygen atoms in total. The maximum atomic E-state index is 11.0. The normalized spacial score (nSPS) is 20.8. The molecule has 0 amide bonds. The van der Waals surface area contributed by atoms with Crippen LogP contribution in [0.5, 0.6) is 0 Å². The van der Waals surface area contributed by atoms with E-state index in [0.29, 0.717) is 11.6 Å². The number of benzene rings is 1. The standard InChI is InChI=1S/C12H14N2O3/c15-12-14-10-6-8(1-2-11(10)17-12)5-9-7-16-4-3-13-9/h1-2,6,9,13H,3-5,7H2,(H,14,15). The zero-order valence-corrected chi connectivity index (χ0v) is 9.36. The molecule has 2 aromatic rings. The minimum atomic E-state index is -0.406. The van der Waals surface area contributed by atoms with Gasteiger partial charge in [0.15, 0.2) is 5.58 Å². The van der Waals surface area contributed by atoms with E-state index in [4.69, 9.17) is 9.15 Å². The molecular formula is C12H14N2O3. The van der Waals surface area contributed by atoms with Gasteiger partial charge in [-0.15, -0.1) is 0 Å². The molecule has 1 saturated heterocycles. The second kappa shape index (κ2) is 4.35. The van der Waals surface area contributed by atoms with Gasteiger partial charge >= 0.3 is 5.76 Å². The van der Waals surface area contributed by atoms with Crippen molar-refractivity contribution < 1.29 is 9.15 Å². The Morgan fingerprint density at radius 1 is 1.41 bits per heavy atom. The van der Waals surface area contributed by atoms with Gasteiger partial charge < -0.3 is 14.5 Å². The Morgan fingerprint density at radius 2 is 2.35 bits per heavy atom. The molecule has 1 fully saturated rings. The summed E-state index contributed by atoms with van der Waals surface area (Å²) in [5.41, 5.74) is 2.52. The summed E-state index contributed by atoms with van der Waals surface area (Å²) in [6.07, 6.45) is 0.892. The number of hydrogen-bond acceptors (Lipinski definition) is 4. The molecule has 2 N–H and O–H groups in total. The Balaban J connectivity index is 1.82. The number of nitrogens with one attached hydrogen (secondary N) is 2. The lowest BCUT2D eigenvalue weighted by molar-refractivity contribution is 0.0770. The van der Waals surface area contributed by atoms with Crippen LogP contribution in [-0.2, 0) is 11.2 Å². The van der Waals surface area contributed by atoms with Crippen LogP contribution in [0.15, 0.2) is 27.4 Å². The second-order valence-corrected chi connectivity index (χ2v) is 4.28. The van der Waals surface area contributed by atoms with Gasteiger partial charge in [0.05, 0.1) is 18.7 Å². The number of aromatic nitrogens is 1. The third-order valence-corrected chi connectivity index (χ3v) is 2.96. The zero-order valence-electron chi connectivity index (χ0n) is 9.36. The van der Waals surface area contributed by atoms with E-state index < -0.39 is 5.76 Å². The molecule has 0 radical (unpaired) electrons. The molecule has 0 aliphatic carbocycles. The van der Waals surface area contributed by atoms with Gasteiger partial charge in [-0.25, -0.2) is 4.79 Å². The van der Waals surface area contributed by atoms with E-state index in [1.54, 1.807) is 0 Å². The van der Waals surface area contributed by atoms with Gasteiger partial charge in [0, 0.05) is 12.6 Å². The molecule has 1 aromatic heterocycles. The van der Waals surface area contributed by atoms with Gasteiger partial charge in [0.25, 0.3) is 0 Å². The lowest BCUT2D eigenvalue weighted by Gasteiger charge is -2.23. The third-order valence-electron chi connectivity index (χ3n) is 2.96. The number of morpholine rings is 1. The summed E-state index contributed by atoms with van der Waals surface area (Å²) in [7, 11) is 0. The Labute approximate surface area is 97.8 Å². The van der Waals surface area contributed by atoms with E-state index in [1.807, 2.05) is 18.2 Å². The molecular weight excluding hydrogens is 220 g/mol. The fourth-order valence-electron chi connectivity index (χ4n) is 2.16. The van der Waals surface area contributed by atoms with E-state index >= 15 is 0 Å². The zero-order chi connectivity index (χ0) is 11.7. The summed E-state index contributed by atoms with van der Waals surface area (Å²) in [5, 5.41) is 3.40. The first-order valence-electron chi connectivity index (χ1n) is 5.74. The number of oxazole rings is 1. The number of aromatic amines is 1. The fraction of sp³-hybridized carbons (Fsp3) is 0.417. The summed E-state index contributed by atoms with van der Waals surface area (Å²) in [6, 6.07) is 6.11. The third kappa shape index (κ3) is 2.25. The van der Waals surface area contributed by atoms with Crippen LogP contribution in [-0.4, -0.2) is 30.8 Å². The predicted octanol–water partition coefficient (Wildman–Crippen LogP) is 0.652. The van der Waals surface area contributed by atoms with E-state index in [-0.39, 0.29) is 0 Å². The molecule has 1 atom stereocenters. The van der Waals surface area contributed by atoms with Gasteiger partial charge in [0.2, 0.25) is 0 Å². The smallest absolute Gasteiger partial charge is 0.408 e. The number of ether oxygens (including phenoxy) is 1.